The number of carbonyl (C=O) groups excluding carboxylic acids is 1. The van der Waals surface area contributed by atoms with Crippen LogP contribution in [0.4, 0.5) is 0 Å². The number of benzene rings is 1. The maximum absolute atomic E-state index is 12.4. The van der Waals surface area contributed by atoms with E-state index in [1.807, 2.05) is 28.6 Å². The zero-order chi connectivity index (χ0) is 16.9. The number of thioether (sulfide) groups is 1. The first kappa shape index (κ1) is 17.0. The second kappa shape index (κ2) is 7.83. The summed E-state index contributed by atoms with van der Waals surface area (Å²) in [6.07, 6.45) is 5.72. The number of amides is 1. The van der Waals surface area contributed by atoms with E-state index in [1.54, 1.807) is 18.1 Å². The minimum absolute atomic E-state index is 0.250. The van der Waals surface area contributed by atoms with Gasteiger partial charge in [0.05, 0.1) is 6.42 Å². The van der Waals surface area contributed by atoms with Crippen LogP contribution >= 0.6 is 11.8 Å². The van der Waals surface area contributed by atoms with Gasteiger partial charge in [0.1, 0.15) is 6.33 Å². The molecule has 3 rings (SSSR count). The Morgan fingerprint density at radius 2 is 2.08 bits per heavy atom. The molecule has 1 saturated heterocycles. The summed E-state index contributed by atoms with van der Waals surface area (Å²) in [5.41, 5.74) is 2.31. The van der Waals surface area contributed by atoms with Crippen LogP contribution in [0.2, 0.25) is 0 Å². The predicted molar refractivity (Wildman–Crippen MR) is 95.9 cm³/mol. The lowest BCUT2D eigenvalue weighted by Crippen LogP contribution is -2.36. The average molecular weight is 344 g/mol. The highest BCUT2D eigenvalue weighted by atomic mass is 32.2. The Kier molecular flexibility index (Phi) is 5.56. The highest BCUT2D eigenvalue weighted by Gasteiger charge is 2.17. The zero-order valence-corrected chi connectivity index (χ0v) is 15.1. The van der Waals surface area contributed by atoms with Gasteiger partial charge in [-0.2, -0.15) is 0 Å². The van der Waals surface area contributed by atoms with Gasteiger partial charge in [-0.05, 0) is 37.3 Å². The molecular formula is C18H24N4OS. The Balaban J connectivity index is 1.65. The van der Waals surface area contributed by atoms with Crippen molar-refractivity contribution in [1.82, 2.24) is 19.7 Å². The van der Waals surface area contributed by atoms with Crippen molar-refractivity contribution in [2.24, 2.45) is 7.05 Å². The molecule has 0 bridgehead atoms. The van der Waals surface area contributed by atoms with E-state index in [0.717, 1.165) is 36.7 Å². The summed E-state index contributed by atoms with van der Waals surface area (Å²) in [5.74, 6) is 0.250. The van der Waals surface area contributed by atoms with Crippen LogP contribution in [0.15, 0.2) is 35.7 Å². The lowest BCUT2D eigenvalue weighted by Gasteiger charge is -2.26. The Bertz CT molecular complexity index is 694. The lowest BCUT2D eigenvalue weighted by molar-refractivity contribution is -0.131. The fraction of sp³-hybridized carbons (Fsp3) is 0.500. The molecule has 1 aliphatic rings. The quantitative estimate of drug-likeness (QED) is 0.782. The molecule has 0 N–H and O–H groups in total. The van der Waals surface area contributed by atoms with E-state index in [1.165, 1.54) is 12.0 Å². The number of rotatable bonds is 5. The molecule has 1 fully saturated rings. The van der Waals surface area contributed by atoms with Crippen molar-refractivity contribution in [3.8, 4) is 0 Å². The Hall–Kier alpha value is -1.82. The number of piperidine rings is 1. The third-order valence-electron chi connectivity index (χ3n) is 4.44. The number of likely N-dealkylation sites (tertiary alicyclic amines) is 1. The maximum atomic E-state index is 12.4. The highest BCUT2D eigenvalue weighted by Crippen LogP contribution is 2.33. The van der Waals surface area contributed by atoms with Gasteiger partial charge in [0, 0.05) is 25.4 Å². The zero-order valence-electron chi connectivity index (χ0n) is 14.3. The van der Waals surface area contributed by atoms with Crippen molar-refractivity contribution in [3.63, 3.8) is 0 Å². The minimum Gasteiger partial charge on any atom is -0.342 e. The summed E-state index contributed by atoms with van der Waals surface area (Å²) in [5, 5.41) is 9.21. The van der Waals surface area contributed by atoms with E-state index in [0.29, 0.717) is 6.42 Å². The number of nitrogens with zero attached hydrogens (tertiary/aromatic N) is 4. The number of carbonyl (C=O) groups is 1. The van der Waals surface area contributed by atoms with E-state index in [-0.39, 0.29) is 11.2 Å². The van der Waals surface area contributed by atoms with Gasteiger partial charge in [-0.1, -0.05) is 36.0 Å². The molecular weight excluding hydrogens is 320 g/mol. The van der Waals surface area contributed by atoms with Crippen LogP contribution < -0.4 is 0 Å². The average Bonchev–Trinajstić information content (AvgIpc) is 3.00. The molecule has 0 spiro atoms. The normalized spacial score (nSPS) is 16.2. The van der Waals surface area contributed by atoms with Crippen LogP contribution in [0.1, 0.15) is 42.6 Å². The molecule has 1 aromatic heterocycles. The van der Waals surface area contributed by atoms with Gasteiger partial charge in [0.25, 0.3) is 0 Å². The molecule has 0 radical (unpaired) electrons. The second-order valence-electron chi connectivity index (χ2n) is 6.35. The fourth-order valence-corrected chi connectivity index (χ4v) is 3.90. The largest absolute Gasteiger partial charge is 0.342 e. The van der Waals surface area contributed by atoms with Crippen molar-refractivity contribution in [3.05, 3.63) is 41.7 Å². The Morgan fingerprint density at radius 3 is 2.79 bits per heavy atom. The highest BCUT2D eigenvalue weighted by molar-refractivity contribution is 7.99. The van der Waals surface area contributed by atoms with Gasteiger partial charge >= 0.3 is 0 Å². The van der Waals surface area contributed by atoms with Crippen LogP contribution in [0.25, 0.3) is 0 Å². The molecule has 1 aliphatic heterocycles. The number of hydrogen-bond donors (Lipinski definition) is 0. The standard InChI is InChI=1S/C18H24N4OS/c1-14(24-18-20-19-13-21(18)2)16-8-6-7-15(11-16)12-17(23)22-9-4-3-5-10-22/h6-8,11,13-14H,3-5,9-10,12H2,1-2H3/t14-/m0/s1. The third kappa shape index (κ3) is 4.17. The van der Waals surface area contributed by atoms with Crippen LogP contribution in [0.5, 0.6) is 0 Å². The number of aryl methyl sites for hydroxylation is 1. The summed E-state index contributed by atoms with van der Waals surface area (Å²) in [6, 6.07) is 8.35. The first-order valence-corrected chi connectivity index (χ1v) is 9.38. The molecule has 2 aromatic rings. The number of hydrogen-bond acceptors (Lipinski definition) is 4. The summed E-state index contributed by atoms with van der Waals surface area (Å²) in [7, 11) is 1.95. The van der Waals surface area contributed by atoms with E-state index in [4.69, 9.17) is 0 Å². The maximum Gasteiger partial charge on any atom is 0.226 e. The van der Waals surface area contributed by atoms with Crippen molar-refractivity contribution in [1.29, 1.82) is 0 Å². The molecule has 2 heterocycles. The molecule has 5 nitrogen and oxygen atoms in total. The van der Waals surface area contributed by atoms with Gasteiger partial charge in [0.2, 0.25) is 5.91 Å². The smallest absolute Gasteiger partial charge is 0.226 e. The third-order valence-corrected chi connectivity index (χ3v) is 5.64. The SMILES string of the molecule is C[C@H](Sc1nncn1C)c1cccc(CC(=O)N2CCCCC2)c1. The van der Waals surface area contributed by atoms with E-state index in [9.17, 15) is 4.79 Å². The first-order chi connectivity index (χ1) is 11.6. The number of aromatic nitrogens is 3. The summed E-state index contributed by atoms with van der Waals surface area (Å²) >= 11 is 1.68. The van der Waals surface area contributed by atoms with Gasteiger partial charge < -0.3 is 9.47 Å². The topological polar surface area (TPSA) is 51.0 Å². The van der Waals surface area contributed by atoms with Crippen LogP contribution in [0.3, 0.4) is 0 Å². The van der Waals surface area contributed by atoms with Crippen molar-refractivity contribution < 1.29 is 4.79 Å². The van der Waals surface area contributed by atoms with Crippen molar-refractivity contribution >= 4 is 17.7 Å². The molecule has 1 aromatic carbocycles. The van der Waals surface area contributed by atoms with Crippen molar-refractivity contribution in [2.75, 3.05) is 13.1 Å². The molecule has 1 amide bonds. The van der Waals surface area contributed by atoms with Crippen LogP contribution in [-0.2, 0) is 18.3 Å². The van der Waals surface area contributed by atoms with Gasteiger partial charge in [0.15, 0.2) is 5.16 Å². The van der Waals surface area contributed by atoms with Crippen LogP contribution in [0, 0.1) is 0 Å². The van der Waals surface area contributed by atoms with E-state index < -0.39 is 0 Å². The Labute approximate surface area is 147 Å². The summed E-state index contributed by atoms with van der Waals surface area (Å²) < 4.78 is 1.92. The second-order valence-corrected chi connectivity index (χ2v) is 7.66. The molecule has 0 unspecified atom stereocenters. The molecule has 6 heteroatoms. The molecule has 24 heavy (non-hydrogen) atoms. The first-order valence-electron chi connectivity index (χ1n) is 8.51. The monoisotopic (exact) mass is 344 g/mol. The molecule has 0 aliphatic carbocycles. The lowest BCUT2D eigenvalue weighted by atomic mass is 10.0. The fourth-order valence-electron chi connectivity index (χ4n) is 2.99. The van der Waals surface area contributed by atoms with E-state index in [2.05, 4.69) is 29.3 Å². The van der Waals surface area contributed by atoms with E-state index >= 15 is 0 Å². The molecule has 128 valence electrons. The molecule has 1 atom stereocenters. The Morgan fingerprint density at radius 1 is 1.29 bits per heavy atom. The van der Waals surface area contributed by atoms with Gasteiger partial charge in [-0.3, -0.25) is 4.79 Å². The molecule has 0 saturated carbocycles. The van der Waals surface area contributed by atoms with Gasteiger partial charge in [-0.25, -0.2) is 0 Å². The predicted octanol–water partition coefficient (Wildman–Crippen LogP) is 3.22. The summed E-state index contributed by atoms with van der Waals surface area (Å²) in [6.45, 7) is 3.98. The van der Waals surface area contributed by atoms with Crippen molar-refractivity contribution in [2.45, 2.75) is 43.0 Å². The van der Waals surface area contributed by atoms with Gasteiger partial charge in [-0.15, -0.1) is 10.2 Å². The minimum atomic E-state index is 0.250. The summed E-state index contributed by atoms with van der Waals surface area (Å²) in [4.78, 5) is 14.5. The van der Waals surface area contributed by atoms with Crippen LogP contribution in [-0.4, -0.2) is 38.7 Å².